The third kappa shape index (κ3) is 4.43. The second-order valence-electron chi connectivity index (χ2n) is 5.67. The molecule has 1 heterocycles. The molecule has 0 bridgehead atoms. The van der Waals surface area contributed by atoms with Crippen molar-refractivity contribution in [2.24, 2.45) is 0 Å². The second kappa shape index (κ2) is 8.37. The lowest BCUT2D eigenvalue weighted by Crippen LogP contribution is -2.47. The van der Waals surface area contributed by atoms with Gasteiger partial charge in [-0.2, -0.15) is 0 Å². The zero-order valence-electron chi connectivity index (χ0n) is 13.5. The lowest BCUT2D eigenvalue weighted by molar-refractivity contribution is -0.00457. The SMILES string of the molecule is CCCNC(CN1CCOCC1C)c1ccccc1OC. The Morgan fingerprint density at radius 1 is 1.43 bits per heavy atom. The number of morpholine rings is 1. The van der Waals surface area contributed by atoms with Gasteiger partial charge in [0.2, 0.25) is 0 Å². The summed E-state index contributed by atoms with van der Waals surface area (Å²) in [4.78, 5) is 2.50. The molecule has 2 unspecified atom stereocenters. The van der Waals surface area contributed by atoms with Crippen LogP contribution in [0.15, 0.2) is 24.3 Å². The van der Waals surface area contributed by atoms with Crippen molar-refractivity contribution in [3.63, 3.8) is 0 Å². The summed E-state index contributed by atoms with van der Waals surface area (Å²) in [6.45, 7) is 9.10. The number of rotatable bonds is 7. The van der Waals surface area contributed by atoms with E-state index in [2.05, 4.69) is 36.2 Å². The van der Waals surface area contributed by atoms with Gasteiger partial charge in [0, 0.05) is 30.7 Å². The largest absolute Gasteiger partial charge is 0.496 e. The molecule has 2 atom stereocenters. The lowest BCUT2D eigenvalue weighted by Gasteiger charge is -2.36. The van der Waals surface area contributed by atoms with E-state index in [1.54, 1.807) is 7.11 Å². The quantitative estimate of drug-likeness (QED) is 0.837. The molecule has 1 aromatic rings. The van der Waals surface area contributed by atoms with Crippen LogP contribution in [0.4, 0.5) is 0 Å². The third-order valence-corrected chi connectivity index (χ3v) is 4.08. The van der Waals surface area contributed by atoms with Gasteiger partial charge in [-0.25, -0.2) is 0 Å². The van der Waals surface area contributed by atoms with Crippen LogP contribution in [0.2, 0.25) is 0 Å². The molecular formula is C17H28N2O2. The Morgan fingerprint density at radius 3 is 2.95 bits per heavy atom. The highest BCUT2D eigenvalue weighted by molar-refractivity contribution is 5.36. The van der Waals surface area contributed by atoms with Crippen LogP contribution in [0, 0.1) is 0 Å². The van der Waals surface area contributed by atoms with Gasteiger partial charge in [0.1, 0.15) is 5.75 Å². The van der Waals surface area contributed by atoms with Crippen molar-refractivity contribution >= 4 is 0 Å². The molecule has 0 amide bonds. The molecule has 21 heavy (non-hydrogen) atoms. The van der Waals surface area contributed by atoms with Gasteiger partial charge in [0.15, 0.2) is 0 Å². The number of para-hydroxylation sites is 1. The fourth-order valence-electron chi connectivity index (χ4n) is 2.81. The molecule has 2 rings (SSSR count). The standard InChI is InChI=1S/C17H28N2O2/c1-4-9-18-16(12-19-10-11-21-13-14(19)2)15-7-5-6-8-17(15)20-3/h5-8,14,16,18H,4,9-13H2,1-3H3. The summed E-state index contributed by atoms with van der Waals surface area (Å²) < 4.78 is 11.1. The molecule has 1 saturated heterocycles. The number of nitrogens with one attached hydrogen (secondary N) is 1. The van der Waals surface area contributed by atoms with Crippen LogP contribution >= 0.6 is 0 Å². The fraction of sp³-hybridized carbons (Fsp3) is 0.647. The van der Waals surface area contributed by atoms with E-state index in [0.29, 0.717) is 12.1 Å². The third-order valence-electron chi connectivity index (χ3n) is 4.08. The Balaban J connectivity index is 2.13. The van der Waals surface area contributed by atoms with Gasteiger partial charge in [-0.15, -0.1) is 0 Å². The van der Waals surface area contributed by atoms with E-state index >= 15 is 0 Å². The van der Waals surface area contributed by atoms with Crippen LogP contribution < -0.4 is 10.1 Å². The number of hydrogen-bond donors (Lipinski definition) is 1. The summed E-state index contributed by atoms with van der Waals surface area (Å²) in [6.07, 6.45) is 1.13. The van der Waals surface area contributed by atoms with Gasteiger partial charge in [-0.05, 0) is 26.0 Å². The maximum atomic E-state index is 5.54. The molecule has 4 heteroatoms. The highest BCUT2D eigenvalue weighted by Crippen LogP contribution is 2.26. The van der Waals surface area contributed by atoms with Crippen LogP contribution in [-0.4, -0.2) is 50.9 Å². The predicted octanol–water partition coefficient (Wildman–Crippen LogP) is 2.46. The first-order valence-corrected chi connectivity index (χ1v) is 7.94. The second-order valence-corrected chi connectivity index (χ2v) is 5.67. The molecule has 1 aliphatic heterocycles. The maximum Gasteiger partial charge on any atom is 0.123 e. The van der Waals surface area contributed by atoms with Crippen molar-refractivity contribution in [2.75, 3.05) is 40.0 Å². The van der Waals surface area contributed by atoms with Gasteiger partial charge in [0.25, 0.3) is 0 Å². The van der Waals surface area contributed by atoms with Gasteiger partial charge < -0.3 is 14.8 Å². The summed E-state index contributed by atoms with van der Waals surface area (Å²) in [6, 6.07) is 9.08. The predicted molar refractivity (Wildman–Crippen MR) is 85.9 cm³/mol. The maximum absolute atomic E-state index is 5.54. The molecule has 4 nitrogen and oxygen atoms in total. The molecule has 1 aromatic carbocycles. The molecule has 0 saturated carbocycles. The van der Waals surface area contributed by atoms with Crippen LogP contribution in [-0.2, 0) is 4.74 Å². The Kier molecular flexibility index (Phi) is 6.49. The Labute approximate surface area is 128 Å². The van der Waals surface area contributed by atoms with Crippen LogP contribution in [0.5, 0.6) is 5.75 Å². The summed E-state index contributed by atoms with van der Waals surface area (Å²) in [5, 5.41) is 3.67. The van der Waals surface area contributed by atoms with Crippen molar-refractivity contribution < 1.29 is 9.47 Å². The highest BCUT2D eigenvalue weighted by Gasteiger charge is 2.24. The van der Waals surface area contributed by atoms with Crippen LogP contribution in [0.3, 0.4) is 0 Å². The fourth-order valence-corrected chi connectivity index (χ4v) is 2.81. The lowest BCUT2D eigenvalue weighted by atomic mass is 10.0. The Hall–Kier alpha value is -1.10. The van der Waals surface area contributed by atoms with E-state index in [0.717, 1.165) is 45.0 Å². The molecule has 1 aliphatic rings. The monoisotopic (exact) mass is 292 g/mol. The zero-order valence-corrected chi connectivity index (χ0v) is 13.5. The molecule has 0 aliphatic carbocycles. The first-order valence-electron chi connectivity index (χ1n) is 7.94. The molecule has 1 N–H and O–H groups in total. The minimum Gasteiger partial charge on any atom is -0.496 e. The average molecular weight is 292 g/mol. The smallest absolute Gasteiger partial charge is 0.123 e. The van der Waals surface area contributed by atoms with Crippen LogP contribution in [0.1, 0.15) is 31.9 Å². The molecule has 0 aromatic heterocycles. The van der Waals surface area contributed by atoms with E-state index in [1.807, 2.05) is 12.1 Å². The highest BCUT2D eigenvalue weighted by atomic mass is 16.5. The van der Waals surface area contributed by atoms with E-state index in [1.165, 1.54) is 5.56 Å². The first-order chi connectivity index (χ1) is 10.3. The molecule has 1 fully saturated rings. The minimum atomic E-state index is 0.293. The van der Waals surface area contributed by atoms with Gasteiger partial charge in [0.05, 0.1) is 20.3 Å². The number of ether oxygens (including phenoxy) is 2. The normalized spacial score (nSPS) is 21.2. The van der Waals surface area contributed by atoms with E-state index in [4.69, 9.17) is 9.47 Å². The van der Waals surface area contributed by atoms with Gasteiger partial charge in [-0.1, -0.05) is 25.1 Å². The van der Waals surface area contributed by atoms with Crippen molar-refractivity contribution in [3.05, 3.63) is 29.8 Å². The van der Waals surface area contributed by atoms with Gasteiger partial charge in [-0.3, -0.25) is 4.90 Å². The number of hydrogen-bond acceptors (Lipinski definition) is 4. The molecule has 0 radical (unpaired) electrons. The van der Waals surface area contributed by atoms with Crippen molar-refractivity contribution in [1.29, 1.82) is 0 Å². The zero-order chi connectivity index (χ0) is 15.1. The molecular weight excluding hydrogens is 264 g/mol. The Morgan fingerprint density at radius 2 is 2.24 bits per heavy atom. The van der Waals surface area contributed by atoms with Crippen molar-refractivity contribution in [2.45, 2.75) is 32.4 Å². The topological polar surface area (TPSA) is 33.7 Å². The van der Waals surface area contributed by atoms with E-state index in [-0.39, 0.29) is 0 Å². The molecule has 0 spiro atoms. The summed E-state index contributed by atoms with van der Waals surface area (Å²) in [5.74, 6) is 0.965. The van der Waals surface area contributed by atoms with Crippen LogP contribution in [0.25, 0.3) is 0 Å². The van der Waals surface area contributed by atoms with Crippen molar-refractivity contribution in [3.8, 4) is 5.75 Å². The number of benzene rings is 1. The first kappa shape index (κ1) is 16.3. The molecule has 118 valence electrons. The van der Waals surface area contributed by atoms with E-state index in [9.17, 15) is 0 Å². The summed E-state index contributed by atoms with van der Waals surface area (Å²) in [5.41, 5.74) is 1.24. The summed E-state index contributed by atoms with van der Waals surface area (Å²) in [7, 11) is 1.74. The van der Waals surface area contributed by atoms with Gasteiger partial charge >= 0.3 is 0 Å². The number of nitrogens with zero attached hydrogens (tertiary/aromatic N) is 1. The average Bonchev–Trinajstić information content (AvgIpc) is 2.53. The minimum absolute atomic E-state index is 0.293. The summed E-state index contributed by atoms with van der Waals surface area (Å²) >= 11 is 0. The van der Waals surface area contributed by atoms with Crippen molar-refractivity contribution in [1.82, 2.24) is 10.2 Å². The number of methoxy groups -OCH3 is 1. The van der Waals surface area contributed by atoms with E-state index < -0.39 is 0 Å². The Bertz CT molecular complexity index is 425.